The van der Waals surface area contributed by atoms with Crippen LogP contribution in [0.2, 0.25) is 0 Å². The number of aliphatic imine (C=N–C) groups is 1. The van der Waals surface area contributed by atoms with Gasteiger partial charge in [-0.25, -0.2) is 4.99 Å². The van der Waals surface area contributed by atoms with E-state index < -0.39 is 0 Å². The Morgan fingerprint density at radius 1 is 1.40 bits per heavy atom. The number of aromatic nitrogens is 3. The highest BCUT2D eigenvalue weighted by atomic mass is 127. The molecular weight excluding hydrogens is 431 g/mol. The van der Waals surface area contributed by atoms with Gasteiger partial charge in [0.15, 0.2) is 11.8 Å². The van der Waals surface area contributed by atoms with Crippen LogP contribution in [0.1, 0.15) is 37.8 Å². The van der Waals surface area contributed by atoms with E-state index in [1.54, 1.807) is 0 Å². The summed E-state index contributed by atoms with van der Waals surface area (Å²) >= 11 is 0. The van der Waals surface area contributed by atoms with Crippen LogP contribution in [-0.2, 0) is 18.3 Å². The van der Waals surface area contributed by atoms with E-state index in [0.29, 0.717) is 6.54 Å². The van der Waals surface area contributed by atoms with E-state index in [1.807, 2.05) is 31.5 Å². The van der Waals surface area contributed by atoms with E-state index in [-0.39, 0.29) is 24.0 Å². The fourth-order valence-corrected chi connectivity index (χ4v) is 2.14. The summed E-state index contributed by atoms with van der Waals surface area (Å²) in [4.78, 5) is 6.85. The topological polar surface area (TPSA) is 67.6 Å². The Kier molecular flexibility index (Phi) is 13.4. The van der Waals surface area contributed by atoms with Crippen LogP contribution in [0.3, 0.4) is 0 Å². The van der Waals surface area contributed by atoms with Gasteiger partial charge in [0.2, 0.25) is 0 Å². The monoisotopic (exact) mass is 464 g/mol. The molecule has 8 heteroatoms. The standard InChI is InChI=1S/C17H32N6O.HI/c1-6-8-9-12-22(4)17(18-11-10-13-24-7-2)19-14-16-21-20-15(3)23(16)5;/h6H,1,7-14H2,2-5H3,(H,18,19);1H. The second-order valence-electron chi connectivity index (χ2n) is 5.69. The summed E-state index contributed by atoms with van der Waals surface area (Å²) in [5.74, 6) is 2.64. The Morgan fingerprint density at radius 2 is 2.16 bits per heavy atom. The lowest BCUT2D eigenvalue weighted by Crippen LogP contribution is -2.40. The van der Waals surface area contributed by atoms with Gasteiger partial charge in [0.05, 0.1) is 0 Å². The number of halogens is 1. The molecule has 0 spiro atoms. The van der Waals surface area contributed by atoms with Gasteiger partial charge in [0.1, 0.15) is 12.4 Å². The second-order valence-corrected chi connectivity index (χ2v) is 5.69. The molecule has 0 aliphatic rings. The summed E-state index contributed by atoms with van der Waals surface area (Å²) in [6, 6.07) is 0. The number of ether oxygens (including phenoxy) is 1. The average molecular weight is 464 g/mol. The number of rotatable bonds is 11. The first-order valence-corrected chi connectivity index (χ1v) is 8.63. The van der Waals surface area contributed by atoms with Crippen LogP contribution in [0.25, 0.3) is 0 Å². The van der Waals surface area contributed by atoms with Crippen molar-refractivity contribution in [1.29, 1.82) is 0 Å². The first kappa shape index (κ1) is 23.8. The lowest BCUT2D eigenvalue weighted by atomic mass is 10.3. The minimum Gasteiger partial charge on any atom is -0.382 e. The zero-order valence-corrected chi connectivity index (χ0v) is 18.3. The van der Waals surface area contributed by atoms with E-state index >= 15 is 0 Å². The highest BCUT2D eigenvalue weighted by molar-refractivity contribution is 14.0. The molecule has 0 fully saturated rings. The van der Waals surface area contributed by atoms with Gasteiger partial charge in [-0.3, -0.25) is 0 Å². The first-order valence-electron chi connectivity index (χ1n) is 8.63. The summed E-state index contributed by atoms with van der Waals surface area (Å²) in [5, 5.41) is 11.7. The third-order valence-corrected chi connectivity index (χ3v) is 3.77. The molecule has 0 aliphatic carbocycles. The zero-order chi connectivity index (χ0) is 17.8. The molecule has 0 radical (unpaired) electrons. The maximum atomic E-state index is 5.38. The Labute approximate surface area is 169 Å². The Balaban J connectivity index is 0.00000576. The van der Waals surface area contributed by atoms with Crippen LogP contribution in [0, 0.1) is 6.92 Å². The molecule has 0 saturated carbocycles. The molecule has 0 aromatic carbocycles. The molecule has 1 aromatic rings. The van der Waals surface area contributed by atoms with Gasteiger partial charge < -0.3 is 19.5 Å². The number of nitrogens with zero attached hydrogens (tertiary/aromatic N) is 5. The average Bonchev–Trinajstić information content (AvgIpc) is 2.89. The van der Waals surface area contributed by atoms with Crippen molar-refractivity contribution in [2.24, 2.45) is 12.0 Å². The van der Waals surface area contributed by atoms with Gasteiger partial charge in [-0.05, 0) is 33.1 Å². The molecule has 0 saturated heterocycles. The van der Waals surface area contributed by atoms with Gasteiger partial charge in [-0.1, -0.05) is 6.08 Å². The largest absolute Gasteiger partial charge is 0.382 e. The van der Waals surface area contributed by atoms with E-state index in [0.717, 1.165) is 63.2 Å². The van der Waals surface area contributed by atoms with Crippen LogP contribution in [0.15, 0.2) is 17.6 Å². The van der Waals surface area contributed by atoms with Crippen molar-refractivity contribution in [3.8, 4) is 0 Å². The molecule has 1 rings (SSSR count). The van der Waals surface area contributed by atoms with Gasteiger partial charge in [0, 0.05) is 40.4 Å². The number of aryl methyl sites for hydroxylation is 1. The SMILES string of the molecule is C=CCCCN(C)C(=NCc1nnc(C)n1C)NCCCOCC.I. The fourth-order valence-electron chi connectivity index (χ4n) is 2.14. The first-order chi connectivity index (χ1) is 11.6. The van der Waals surface area contributed by atoms with Crippen molar-refractivity contribution < 1.29 is 4.74 Å². The molecule has 0 atom stereocenters. The van der Waals surface area contributed by atoms with Crippen molar-refractivity contribution in [1.82, 2.24) is 25.0 Å². The molecule has 1 N–H and O–H groups in total. The molecule has 25 heavy (non-hydrogen) atoms. The quantitative estimate of drug-likeness (QED) is 0.179. The van der Waals surface area contributed by atoms with E-state index in [2.05, 4.69) is 34.0 Å². The number of hydrogen-bond acceptors (Lipinski definition) is 4. The summed E-state index contributed by atoms with van der Waals surface area (Å²) < 4.78 is 7.34. The maximum absolute atomic E-state index is 5.38. The number of hydrogen-bond donors (Lipinski definition) is 1. The van der Waals surface area contributed by atoms with Crippen LogP contribution < -0.4 is 5.32 Å². The van der Waals surface area contributed by atoms with Crippen LogP contribution in [0.4, 0.5) is 0 Å². The van der Waals surface area contributed by atoms with Crippen molar-refractivity contribution in [3.05, 3.63) is 24.3 Å². The van der Waals surface area contributed by atoms with E-state index in [1.165, 1.54) is 0 Å². The summed E-state index contributed by atoms with van der Waals surface area (Å²) in [6.45, 7) is 11.5. The minimum atomic E-state index is 0. The second kappa shape index (κ2) is 14.1. The molecule has 0 bridgehead atoms. The molecule has 0 unspecified atom stereocenters. The smallest absolute Gasteiger partial charge is 0.194 e. The van der Waals surface area contributed by atoms with Gasteiger partial charge in [-0.15, -0.1) is 40.8 Å². The van der Waals surface area contributed by atoms with E-state index in [9.17, 15) is 0 Å². The number of nitrogens with one attached hydrogen (secondary N) is 1. The Bertz CT molecular complexity index is 517. The number of guanidine groups is 1. The summed E-state index contributed by atoms with van der Waals surface area (Å²) in [5.41, 5.74) is 0. The Hall–Kier alpha value is -1.16. The molecule has 1 aromatic heterocycles. The van der Waals surface area contributed by atoms with Crippen LogP contribution >= 0.6 is 24.0 Å². The van der Waals surface area contributed by atoms with Gasteiger partial charge >= 0.3 is 0 Å². The van der Waals surface area contributed by atoms with Crippen molar-refractivity contribution in [3.63, 3.8) is 0 Å². The van der Waals surface area contributed by atoms with Crippen LogP contribution in [0.5, 0.6) is 0 Å². The Morgan fingerprint density at radius 3 is 2.76 bits per heavy atom. The molecule has 144 valence electrons. The zero-order valence-electron chi connectivity index (χ0n) is 16.0. The molecule has 0 amide bonds. The predicted molar refractivity (Wildman–Crippen MR) is 113 cm³/mol. The van der Waals surface area contributed by atoms with Gasteiger partial charge in [0.25, 0.3) is 0 Å². The van der Waals surface area contributed by atoms with Crippen molar-refractivity contribution >= 4 is 29.9 Å². The third kappa shape index (κ3) is 9.20. The lowest BCUT2D eigenvalue weighted by Gasteiger charge is -2.22. The van der Waals surface area contributed by atoms with E-state index in [4.69, 9.17) is 9.73 Å². The van der Waals surface area contributed by atoms with Crippen LogP contribution in [-0.4, -0.2) is 59.0 Å². The lowest BCUT2D eigenvalue weighted by molar-refractivity contribution is 0.145. The molecular formula is C17H33IN6O. The normalized spacial score (nSPS) is 11.1. The predicted octanol–water partition coefficient (Wildman–Crippen LogP) is 2.51. The van der Waals surface area contributed by atoms with Gasteiger partial charge in [-0.2, -0.15) is 0 Å². The maximum Gasteiger partial charge on any atom is 0.194 e. The summed E-state index contributed by atoms with van der Waals surface area (Å²) in [7, 11) is 4.02. The summed E-state index contributed by atoms with van der Waals surface area (Å²) in [6.07, 6.45) is 4.96. The highest BCUT2D eigenvalue weighted by Gasteiger charge is 2.08. The fraction of sp³-hybridized carbons (Fsp3) is 0.706. The minimum absolute atomic E-state index is 0. The molecule has 7 nitrogen and oxygen atoms in total. The van der Waals surface area contributed by atoms with Crippen molar-refractivity contribution in [2.45, 2.75) is 39.7 Å². The highest BCUT2D eigenvalue weighted by Crippen LogP contribution is 2.01. The molecule has 0 aliphatic heterocycles. The number of unbranched alkanes of at least 4 members (excludes halogenated alkanes) is 1. The molecule has 1 heterocycles. The van der Waals surface area contributed by atoms with Crippen molar-refractivity contribution in [2.75, 3.05) is 33.4 Å². The third-order valence-electron chi connectivity index (χ3n) is 3.77. The number of allylic oxidation sites excluding steroid dienone is 1.